The third kappa shape index (κ3) is 2.56. The summed E-state index contributed by atoms with van der Waals surface area (Å²) in [6, 6.07) is 0. The van der Waals surface area contributed by atoms with Gasteiger partial charge in [0, 0.05) is 13.0 Å². The summed E-state index contributed by atoms with van der Waals surface area (Å²) in [5.74, 6) is 0.0850. The van der Waals surface area contributed by atoms with E-state index in [0.717, 1.165) is 13.0 Å². The summed E-state index contributed by atoms with van der Waals surface area (Å²) in [6.07, 6.45) is 1.55. The fourth-order valence-electron chi connectivity index (χ4n) is 1.14. The molecule has 0 bridgehead atoms. The van der Waals surface area contributed by atoms with Crippen LogP contribution in [0, 0.1) is 0 Å². The van der Waals surface area contributed by atoms with Crippen LogP contribution in [0.1, 0.15) is 12.8 Å². The first-order valence-corrected chi connectivity index (χ1v) is 4.96. The quantitative estimate of drug-likeness (QED) is 0.554. The van der Waals surface area contributed by atoms with Gasteiger partial charge in [0.05, 0.1) is 6.54 Å². The van der Waals surface area contributed by atoms with E-state index in [9.17, 15) is 14.3 Å². The SMILES string of the molecule is O=C1CCCN1CC[P+](=O)[O-]. The van der Waals surface area contributed by atoms with Gasteiger partial charge in [-0.3, -0.25) is 4.79 Å². The largest absolute Gasteiger partial charge is 0.596 e. The van der Waals surface area contributed by atoms with Crippen LogP contribution in [0.15, 0.2) is 0 Å². The van der Waals surface area contributed by atoms with Crippen LogP contribution >= 0.6 is 8.03 Å². The zero-order chi connectivity index (χ0) is 8.27. The van der Waals surface area contributed by atoms with Crippen molar-refractivity contribution in [1.29, 1.82) is 0 Å². The number of carbonyl (C=O) groups excluding carboxylic acids is 1. The number of hydrogen-bond acceptors (Lipinski definition) is 3. The molecule has 1 heterocycles. The minimum absolute atomic E-state index is 0.0850. The summed E-state index contributed by atoms with van der Waals surface area (Å²) < 4.78 is 10.2. The van der Waals surface area contributed by atoms with Gasteiger partial charge in [0.2, 0.25) is 5.91 Å². The molecule has 1 saturated heterocycles. The Morgan fingerprint density at radius 2 is 2.36 bits per heavy atom. The number of likely N-dealkylation sites (tertiary alicyclic amines) is 1. The molecule has 0 aliphatic carbocycles. The molecule has 1 amide bonds. The Bertz CT molecular complexity index is 183. The molecule has 0 aromatic rings. The zero-order valence-electron chi connectivity index (χ0n) is 6.15. The summed E-state index contributed by atoms with van der Waals surface area (Å²) in [6.45, 7) is 1.10. The third-order valence-electron chi connectivity index (χ3n) is 1.72. The van der Waals surface area contributed by atoms with E-state index in [1.165, 1.54) is 0 Å². The summed E-state index contributed by atoms with van der Waals surface area (Å²) in [5, 5.41) is 0. The maximum Gasteiger partial charge on any atom is 0.310 e. The Morgan fingerprint density at radius 1 is 1.64 bits per heavy atom. The van der Waals surface area contributed by atoms with Crippen molar-refractivity contribution < 1.29 is 14.3 Å². The summed E-state index contributed by atoms with van der Waals surface area (Å²) in [5.41, 5.74) is 0. The highest BCUT2D eigenvalue weighted by atomic mass is 31.1. The van der Waals surface area contributed by atoms with Crippen molar-refractivity contribution in [2.75, 3.05) is 19.3 Å². The molecule has 11 heavy (non-hydrogen) atoms. The maximum atomic E-state index is 10.9. The molecule has 0 spiro atoms. The van der Waals surface area contributed by atoms with Crippen molar-refractivity contribution in [2.24, 2.45) is 0 Å². The second kappa shape index (κ2) is 3.79. The highest BCUT2D eigenvalue weighted by molar-refractivity contribution is 7.36. The van der Waals surface area contributed by atoms with Gasteiger partial charge in [-0.1, -0.05) is 4.57 Å². The van der Waals surface area contributed by atoms with Crippen molar-refractivity contribution in [2.45, 2.75) is 12.8 Å². The smallest absolute Gasteiger partial charge is 0.310 e. The van der Waals surface area contributed by atoms with Gasteiger partial charge in [0.25, 0.3) is 0 Å². The van der Waals surface area contributed by atoms with Gasteiger partial charge in [-0.2, -0.15) is 0 Å². The lowest BCUT2D eigenvalue weighted by molar-refractivity contribution is -0.164. The van der Waals surface area contributed by atoms with Crippen molar-refractivity contribution in [1.82, 2.24) is 4.90 Å². The van der Waals surface area contributed by atoms with E-state index in [1.807, 2.05) is 0 Å². The first kappa shape index (κ1) is 8.62. The van der Waals surface area contributed by atoms with E-state index in [0.29, 0.717) is 13.0 Å². The average molecular weight is 175 g/mol. The number of hydrogen-bond donors (Lipinski definition) is 0. The molecule has 1 unspecified atom stereocenters. The number of rotatable bonds is 3. The molecular weight excluding hydrogens is 165 g/mol. The van der Waals surface area contributed by atoms with Gasteiger partial charge in [-0.05, 0) is 6.42 Å². The Kier molecular flexibility index (Phi) is 2.97. The van der Waals surface area contributed by atoms with Crippen LogP contribution in [0.25, 0.3) is 0 Å². The van der Waals surface area contributed by atoms with E-state index >= 15 is 0 Å². The minimum Gasteiger partial charge on any atom is -0.596 e. The van der Waals surface area contributed by atoms with Crippen LogP contribution in [-0.2, 0) is 9.36 Å². The first-order valence-electron chi connectivity index (χ1n) is 3.60. The molecular formula is C6H10NO3P. The monoisotopic (exact) mass is 175 g/mol. The lowest BCUT2D eigenvalue weighted by atomic mass is 10.4. The molecule has 1 aliphatic heterocycles. The Hall–Kier alpha value is -0.470. The normalized spacial score (nSPS) is 19.2. The fraction of sp³-hybridized carbons (Fsp3) is 0.833. The van der Waals surface area contributed by atoms with E-state index in [4.69, 9.17) is 0 Å². The Balaban J connectivity index is 2.26. The molecule has 4 nitrogen and oxygen atoms in total. The Morgan fingerprint density at radius 3 is 2.82 bits per heavy atom. The molecule has 1 atom stereocenters. The molecule has 1 rings (SSSR count). The van der Waals surface area contributed by atoms with Crippen LogP contribution < -0.4 is 4.89 Å². The van der Waals surface area contributed by atoms with Gasteiger partial charge in [-0.15, -0.1) is 0 Å². The molecule has 1 fully saturated rings. The minimum atomic E-state index is -2.33. The van der Waals surface area contributed by atoms with Crippen LogP contribution in [0.2, 0.25) is 0 Å². The zero-order valence-corrected chi connectivity index (χ0v) is 7.05. The molecule has 0 aromatic carbocycles. The predicted molar refractivity (Wildman–Crippen MR) is 38.3 cm³/mol. The summed E-state index contributed by atoms with van der Waals surface area (Å²) in [4.78, 5) is 22.7. The van der Waals surface area contributed by atoms with Crippen LogP contribution in [0.5, 0.6) is 0 Å². The molecule has 0 saturated carbocycles. The van der Waals surface area contributed by atoms with Gasteiger partial charge in [0.1, 0.15) is 0 Å². The standard InChI is InChI=1S/C6H10NO3P/c8-6-2-1-3-7(6)4-5-11(9)10/h1-5H2. The average Bonchev–Trinajstić information content (AvgIpc) is 2.31. The van der Waals surface area contributed by atoms with Crippen LogP contribution in [0.3, 0.4) is 0 Å². The topological polar surface area (TPSA) is 60.4 Å². The number of nitrogens with zero attached hydrogens (tertiary/aromatic N) is 1. The second-order valence-electron chi connectivity index (χ2n) is 2.54. The van der Waals surface area contributed by atoms with Crippen LogP contribution in [-0.4, -0.2) is 30.1 Å². The van der Waals surface area contributed by atoms with Crippen molar-refractivity contribution in [3.8, 4) is 0 Å². The van der Waals surface area contributed by atoms with E-state index in [2.05, 4.69) is 0 Å². The van der Waals surface area contributed by atoms with Gasteiger partial charge >= 0.3 is 8.03 Å². The molecule has 0 N–H and O–H groups in total. The number of amides is 1. The van der Waals surface area contributed by atoms with Crippen LogP contribution in [0.4, 0.5) is 0 Å². The maximum absolute atomic E-state index is 10.9. The fourth-order valence-corrected chi connectivity index (χ4v) is 1.55. The van der Waals surface area contributed by atoms with Gasteiger partial charge in [-0.25, -0.2) is 0 Å². The third-order valence-corrected chi connectivity index (χ3v) is 2.29. The van der Waals surface area contributed by atoms with Crippen molar-refractivity contribution in [3.05, 3.63) is 0 Å². The molecule has 0 aromatic heterocycles. The predicted octanol–water partition coefficient (Wildman–Crippen LogP) is -0.288. The summed E-state index contributed by atoms with van der Waals surface area (Å²) in [7, 11) is -2.33. The molecule has 0 radical (unpaired) electrons. The molecule has 62 valence electrons. The van der Waals surface area contributed by atoms with Gasteiger partial charge < -0.3 is 9.79 Å². The van der Waals surface area contributed by atoms with Crippen molar-refractivity contribution >= 4 is 13.9 Å². The second-order valence-corrected chi connectivity index (χ2v) is 3.65. The lowest BCUT2D eigenvalue weighted by Crippen LogP contribution is -2.27. The molecule has 5 heteroatoms. The first-order chi connectivity index (χ1) is 5.20. The number of carbonyl (C=O) groups is 1. The van der Waals surface area contributed by atoms with E-state index in [-0.39, 0.29) is 12.1 Å². The molecule has 1 aliphatic rings. The van der Waals surface area contributed by atoms with E-state index < -0.39 is 8.03 Å². The van der Waals surface area contributed by atoms with E-state index in [1.54, 1.807) is 4.90 Å². The summed E-state index contributed by atoms with van der Waals surface area (Å²) >= 11 is 0. The lowest BCUT2D eigenvalue weighted by Gasteiger charge is -2.11. The van der Waals surface area contributed by atoms with Gasteiger partial charge in [0.15, 0.2) is 6.16 Å². The highest BCUT2D eigenvalue weighted by Crippen LogP contribution is 2.12. The Labute approximate surface area is 66.1 Å². The van der Waals surface area contributed by atoms with Crippen molar-refractivity contribution in [3.63, 3.8) is 0 Å². The highest BCUT2D eigenvalue weighted by Gasteiger charge is 2.20.